The molecule has 1 rings (SSSR count). The molecule has 0 unspecified atom stereocenters. The van der Waals surface area contributed by atoms with E-state index in [1.54, 1.807) is 13.8 Å². The molecule has 3 N–H and O–H groups in total. The van der Waals surface area contributed by atoms with Gasteiger partial charge in [0.1, 0.15) is 5.69 Å². The van der Waals surface area contributed by atoms with Crippen LogP contribution in [-0.2, 0) is 4.79 Å². The fourth-order valence-electron chi connectivity index (χ4n) is 1.78. The first kappa shape index (κ1) is 16.4. The fraction of sp³-hybridized carbons (Fsp3) is 0.385. The number of hydrogen-bond acceptors (Lipinski definition) is 5. The second-order valence-corrected chi connectivity index (χ2v) is 5.08. The Labute approximate surface area is 121 Å². The summed E-state index contributed by atoms with van der Waals surface area (Å²) in [5.41, 5.74) is -1.51. The van der Waals surface area contributed by atoms with Gasteiger partial charge >= 0.3 is 5.97 Å². The Hall–Kier alpha value is -2.64. The predicted molar refractivity (Wildman–Crippen MR) is 76.4 cm³/mol. The molecular formula is C13H17N3O5. The van der Waals surface area contributed by atoms with Crippen molar-refractivity contribution >= 4 is 23.3 Å². The van der Waals surface area contributed by atoms with Gasteiger partial charge in [-0.3, -0.25) is 14.9 Å². The number of para-hydroxylation sites is 1. The van der Waals surface area contributed by atoms with E-state index in [4.69, 9.17) is 5.11 Å². The average molecular weight is 295 g/mol. The van der Waals surface area contributed by atoms with Crippen LogP contribution in [0.4, 0.5) is 11.4 Å². The monoisotopic (exact) mass is 295 g/mol. The minimum atomic E-state index is -1.28. The number of carbonyl (C=O) groups excluding carboxylic acids is 1. The average Bonchev–Trinajstić information content (AvgIpc) is 2.43. The normalized spacial score (nSPS) is 10.8. The van der Waals surface area contributed by atoms with Crippen LogP contribution in [0.25, 0.3) is 0 Å². The standard InChI is InChI=1S/C13H17N3O5/c1-13(2,12(19)14-3)7-15-10-8(11(17)18)5-4-6-9(10)16(20)21/h4-6,15H,7H2,1-3H3,(H,14,19)(H,17,18). The third-order valence-corrected chi connectivity index (χ3v) is 3.02. The molecular weight excluding hydrogens is 278 g/mol. The molecule has 0 saturated heterocycles. The number of aromatic carboxylic acids is 1. The molecule has 0 spiro atoms. The van der Waals surface area contributed by atoms with Crippen LogP contribution in [0.2, 0.25) is 0 Å². The van der Waals surface area contributed by atoms with Crippen molar-refractivity contribution in [1.29, 1.82) is 0 Å². The number of anilines is 1. The molecule has 0 saturated carbocycles. The van der Waals surface area contributed by atoms with E-state index in [1.165, 1.54) is 25.2 Å². The van der Waals surface area contributed by atoms with Crippen molar-refractivity contribution in [2.24, 2.45) is 5.41 Å². The van der Waals surface area contributed by atoms with Gasteiger partial charge in [0, 0.05) is 19.7 Å². The molecule has 8 nitrogen and oxygen atoms in total. The van der Waals surface area contributed by atoms with Crippen molar-refractivity contribution in [3.63, 3.8) is 0 Å². The van der Waals surface area contributed by atoms with Gasteiger partial charge in [-0.1, -0.05) is 6.07 Å². The lowest BCUT2D eigenvalue weighted by atomic mass is 9.92. The molecule has 0 fully saturated rings. The van der Waals surface area contributed by atoms with E-state index >= 15 is 0 Å². The summed E-state index contributed by atoms with van der Waals surface area (Å²) in [6, 6.07) is 3.78. The Balaban J connectivity index is 3.15. The zero-order valence-corrected chi connectivity index (χ0v) is 12.0. The Morgan fingerprint density at radius 2 is 2.00 bits per heavy atom. The first-order valence-corrected chi connectivity index (χ1v) is 6.17. The van der Waals surface area contributed by atoms with Gasteiger partial charge in [0.15, 0.2) is 0 Å². The van der Waals surface area contributed by atoms with E-state index in [-0.39, 0.29) is 29.4 Å². The lowest BCUT2D eigenvalue weighted by molar-refractivity contribution is -0.384. The van der Waals surface area contributed by atoms with E-state index in [9.17, 15) is 19.7 Å². The summed E-state index contributed by atoms with van der Waals surface area (Å²) in [5.74, 6) is -1.54. The van der Waals surface area contributed by atoms with Gasteiger partial charge in [0.05, 0.1) is 15.9 Å². The highest BCUT2D eigenvalue weighted by atomic mass is 16.6. The zero-order chi connectivity index (χ0) is 16.2. The van der Waals surface area contributed by atoms with Gasteiger partial charge in [-0.2, -0.15) is 0 Å². The third-order valence-electron chi connectivity index (χ3n) is 3.02. The minimum absolute atomic E-state index is 0.0534. The summed E-state index contributed by atoms with van der Waals surface area (Å²) in [6.07, 6.45) is 0. The van der Waals surface area contributed by atoms with Gasteiger partial charge in [-0.25, -0.2) is 4.79 Å². The smallest absolute Gasteiger partial charge is 0.338 e. The number of carboxylic acids is 1. The molecule has 0 radical (unpaired) electrons. The second kappa shape index (κ2) is 6.21. The van der Waals surface area contributed by atoms with Crippen LogP contribution < -0.4 is 10.6 Å². The maximum absolute atomic E-state index is 11.7. The van der Waals surface area contributed by atoms with E-state index in [0.29, 0.717) is 0 Å². The van der Waals surface area contributed by atoms with Crippen molar-refractivity contribution in [2.45, 2.75) is 13.8 Å². The lowest BCUT2D eigenvalue weighted by Gasteiger charge is -2.23. The molecule has 0 aromatic heterocycles. The Morgan fingerprint density at radius 3 is 2.48 bits per heavy atom. The first-order chi connectivity index (χ1) is 9.70. The zero-order valence-electron chi connectivity index (χ0n) is 12.0. The quantitative estimate of drug-likeness (QED) is 0.539. The number of nitro benzene ring substituents is 1. The molecule has 1 aromatic carbocycles. The van der Waals surface area contributed by atoms with Gasteiger partial charge in [0.2, 0.25) is 5.91 Å². The summed E-state index contributed by atoms with van der Waals surface area (Å²) < 4.78 is 0. The van der Waals surface area contributed by atoms with Crippen LogP contribution in [0.15, 0.2) is 18.2 Å². The highest BCUT2D eigenvalue weighted by molar-refractivity contribution is 5.97. The molecule has 0 bridgehead atoms. The minimum Gasteiger partial charge on any atom is -0.478 e. The number of nitro groups is 1. The lowest BCUT2D eigenvalue weighted by Crippen LogP contribution is -2.39. The van der Waals surface area contributed by atoms with Crippen molar-refractivity contribution < 1.29 is 19.6 Å². The molecule has 114 valence electrons. The summed E-state index contributed by atoms with van der Waals surface area (Å²) in [4.78, 5) is 33.2. The van der Waals surface area contributed by atoms with E-state index < -0.39 is 16.3 Å². The van der Waals surface area contributed by atoms with Gasteiger partial charge in [-0.15, -0.1) is 0 Å². The van der Waals surface area contributed by atoms with E-state index in [0.717, 1.165) is 0 Å². The number of carboxylic acid groups (broad SMARTS) is 1. The maximum atomic E-state index is 11.7. The Bertz CT molecular complexity index is 551. The summed E-state index contributed by atoms with van der Waals surface area (Å²) in [5, 5.41) is 25.3. The molecule has 0 heterocycles. The number of nitrogens with zero attached hydrogens (tertiary/aromatic N) is 1. The van der Waals surface area contributed by atoms with Crippen molar-refractivity contribution in [3.8, 4) is 0 Å². The maximum Gasteiger partial charge on any atom is 0.338 e. The van der Waals surface area contributed by atoms with Gasteiger partial charge < -0.3 is 15.7 Å². The molecule has 8 heteroatoms. The summed E-state index contributed by atoms with van der Waals surface area (Å²) in [6.45, 7) is 3.35. The van der Waals surface area contributed by atoms with Crippen LogP contribution >= 0.6 is 0 Å². The number of amides is 1. The number of benzene rings is 1. The van der Waals surface area contributed by atoms with Gasteiger partial charge in [0.25, 0.3) is 5.69 Å². The largest absolute Gasteiger partial charge is 0.478 e. The highest BCUT2D eigenvalue weighted by Crippen LogP contribution is 2.29. The fourth-order valence-corrected chi connectivity index (χ4v) is 1.78. The van der Waals surface area contributed by atoms with Crippen LogP contribution in [0.5, 0.6) is 0 Å². The Kier molecular flexibility index (Phi) is 4.85. The summed E-state index contributed by atoms with van der Waals surface area (Å²) in [7, 11) is 1.48. The molecule has 0 aliphatic carbocycles. The topological polar surface area (TPSA) is 122 Å². The van der Waals surface area contributed by atoms with Crippen molar-refractivity contribution in [1.82, 2.24) is 5.32 Å². The number of carbonyl (C=O) groups is 2. The van der Waals surface area contributed by atoms with Gasteiger partial charge in [-0.05, 0) is 19.9 Å². The summed E-state index contributed by atoms with van der Waals surface area (Å²) >= 11 is 0. The van der Waals surface area contributed by atoms with Crippen molar-refractivity contribution in [3.05, 3.63) is 33.9 Å². The number of hydrogen-bond donors (Lipinski definition) is 3. The van der Waals surface area contributed by atoms with Crippen LogP contribution in [0.3, 0.4) is 0 Å². The highest BCUT2D eigenvalue weighted by Gasteiger charge is 2.29. The SMILES string of the molecule is CNC(=O)C(C)(C)CNc1c(C(=O)O)cccc1[N+](=O)[O-]. The molecule has 1 aromatic rings. The number of rotatable bonds is 6. The van der Waals surface area contributed by atoms with Crippen LogP contribution in [-0.4, -0.2) is 35.5 Å². The molecule has 0 aliphatic heterocycles. The Morgan fingerprint density at radius 1 is 1.38 bits per heavy atom. The van der Waals surface area contributed by atoms with Crippen molar-refractivity contribution in [2.75, 3.05) is 18.9 Å². The van der Waals surface area contributed by atoms with Crippen LogP contribution in [0, 0.1) is 15.5 Å². The second-order valence-electron chi connectivity index (χ2n) is 5.08. The number of nitrogens with one attached hydrogen (secondary N) is 2. The van der Waals surface area contributed by atoms with E-state index in [2.05, 4.69) is 10.6 Å². The molecule has 0 atom stereocenters. The predicted octanol–water partition coefficient (Wildman–Crippen LogP) is 1.48. The third kappa shape index (κ3) is 3.68. The first-order valence-electron chi connectivity index (χ1n) is 6.17. The van der Waals surface area contributed by atoms with E-state index in [1.807, 2.05) is 0 Å². The molecule has 21 heavy (non-hydrogen) atoms. The molecule has 1 amide bonds. The van der Waals surface area contributed by atoms with Crippen LogP contribution in [0.1, 0.15) is 24.2 Å². The molecule has 0 aliphatic rings.